The largest absolute Gasteiger partial charge is 0.496 e. The lowest BCUT2D eigenvalue weighted by atomic mass is 10.1. The van der Waals surface area contributed by atoms with Crippen molar-refractivity contribution in [2.24, 2.45) is 0 Å². The first-order valence-corrected chi connectivity index (χ1v) is 7.10. The van der Waals surface area contributed by atoms with Gasteiger partial charge in [0.05, 0.1) is 13.7 Å². The summed E-state index contributed by atoms with van der Waals surface area (Å²) in [6, 6.07) is 5.59. The van der Waals surface area contributed by atoms with Gasteiger partial charge in [0, 0.05) is 30.8 Å². The number of likely N-dealkylation sites (N-methyl/N-ethyl adjacent to an activating group) is 1. The van der Waals surface area contributed by atoms with Crippen LogP contribution in [0.15, 0.2) is 18.2 Å². The Hall–Kier alpha value is -1.39. The minimum absolute atomic E-state index is 0.0752. The van der Waals surface area contributed by atoms with E-state index in [9.17, 15) is 4.79 Å². The van der Waals surface area contributed by atoms with Crippen molar-refractivity contribution in [3.8, 4) is 5.75 Å². The summed E-state index contributed by atoms with van der Waals surface area (Å²) < 4.78 is 10.8. The second kappa shape index (κ2) is 8.72. The number of ketones is 1. The molecule has 0 fully saturated rings. The summed E-state index contributed by atoms with van der Waals surface area (Å²) in [7, 11) is 1.66. The number of benzene rings is 1. The molecule has 0 saturated carbocycles. The Balaban J connectivity index is 2.81. The molecule has 0 unspecified atom stereocenters. The summed E-state index contributed by atoms with van der Waals surface area (Å²) in [5.74, 6) is 0.899. The van der Waals surface area contributed by atoms with Gasteiger partial charge in [0.1, 0.15) is 5.75 Å². The third-order valence-electron chi connectivity index (χ3n) is 3.28. The fraction of sp³-hybridized carbons (Fsp3) is 0.562. The fourth-order valence-electron chi connectivity index (χ4n) is 2.05. The lowest BCUT2D eigenvalue weighted by molar-refractivity contribution is 0.101. The maximum absolute atomic E-state index is 11.5. The number of carbonyl (C=O) groups excluding carboxylic acids is 1. The van der Waals surface area contributed by atoms with E-state index in [4.69, 9.17) is 9.47 Å². The zero-order valence-electron chi connectivity index (χ0n) is 12.9. The van der Waals surface area contributed by atoms with Crippen molar-refractivity contribution in [1.29, 1.82) is 0 Å². The zero-order valence-corrected chi connectivity index (χ0v) is 12.9. The first-order chi connectivity index (χ1) is 9.62. The molecule has 0 spiro atoms. The maximum atomic E-state index is 11.5. The van der Waals surface area contributed by atoms with E-state index < -0.39 is 0 Å². The van der Waals surface area contributed by atoms with E-state index >= 15 is 0 Å². The van der Waals surface area contributed by atoms with Crippen LogP contribution in [0, 0.1) is 0 Å². The van der Waals surface area contributed by atoms with Gasteiger partial charge in [-0.2, -0.15) is 0 Å². The number of rotatable bonds is 9. The molecule has 0 aliphatic carbocycles. The van der Waals surface area contributed by atoms with Crippen LogP contribution in [0.5, 0.6) is 5.75 Å². The lowest BCUT2D eigenvalue weighted by Crippen LogP contribution is -2.27. The number of nitrogens with zero attached hydrogens (tertiary/aromatic N) is 1. The van der Waals surface area contributed by atoms with Gasteiger partial charge >= 0.3 is 0 Å². The molecule has 0 aliphatic rings. The van der Waals surface area contributed by atoms with E-state index in [1.165, 1.54) is 0 Å². The molecule has 112 valence electrons. The number of hydrogen-bond donors (Lipinski definition) is 0. The second-order valence-corrected chi connectivity index (χ2v) is 4.65. The number of hydrogen-bond acceptors (Lipinski definition) is 4. The van der Waals surface area contributed by atoms with Crippen molar-refractivity contribution >= 4 is 5.78 Å². The highest BCUT2D eigenvalue weighted by atomic mass is 16.5. The van der Waals surface area contributed by atoms with Crippen LogP contribution >= 0.6 is 0 Å². The molecular weight excluding hydrogens is 254 g/mol. The van der Waals surface area contributed by atoms with Crippen molar-refractivity contribution in [3.05, 3.63) is 29.3 Å². The topological polar surface area (TPSA) is 38.8 Å². The summed E-state index contributed by atoms with van der Waals surface area (Å²) in [5, 5.41) is 0. The average molecular weight is 279 g/mol. The Bertz CT molecular complexity index is 432. The SMILES string of the molecule is CCOCCN(CC)Cc1cc(C(C)=O)ccc1OC. The van der Waals surface area contributed by atoms with Crippen LogP contribution in [0.2, 0.25) is 0 Å². The quantitative estimate of drug-likeness (QED) is 0.514. The van der Waals surface area contributed by atoms with E-state index in [0.29, 0.717) is 0 Å². The summed E-state index contributed by atoms with van der Waals surface area (Å²) in [6.07, 6.45) is 0. The Labute approximate surface area is 121 Å². The van der Waals surface area contributed by atoms with Gasteiger partial charge in [-0.05, 0) is 38.6 Å². The van der Waals surface area contributed by atoms with Crippen LogP contribution in [-0.4, -0.2) is 44.1 Å². The van der Waals surface area contributed by atoms with Gasteiger partial charge in [0.25, 0.3) is 0 Å². The van der Waals surface area contributed by atoms with Crippen molar-refractivity contribution < 1.29 is 14.3 Å². The molecule has 0 heterocycles. The molecule has 0 aromatic heterocycles. The predicted octanol–water partition coefficient (Wildman–Crippen LogP) is 2.76. The lowest BCUT2D eigenvalue weighted by Gasteiger charge is -2.21. The molecule has 0 bridgehead atoms. The van der Waals surface area contributed by atoms with Crippen LogP contribution < -0.4 is 4.74 Å². The first-order valence-electron chi connectivity index (χ1n) is 7.10. The number of methoxy groups -OCH3 is 1. The van der Waals surface area contributed by atoms with Gasteiger partial charge in [-0.3, -0.25) is 9.69 Å². The van der Waals surface area contributed by atoms with E-state index in [-0.39, 0.29) is 5.78 Å². The third kappa shape index (κ3) is 4.94. The molecule has 1 aromatic rings. The van der Waals surface area contributed by atoms with E-state index in [0.717, 1.165) is 49.7 Å². The Morgan fingerprint density at radius 2 is 2.05 bits per heavy atom. The molecule has 1 aromatic carbocycles. The van der Waals surface area contributed by atoms with E-state index in [1.807, 2.05) is 19.1 Å². The Kier molecular flexibility index (Phi) is 7.26. The molecule has 4 nitrogen and oxygen atoms in total. The first kappa shape index (κ1) is 16.7. The highest BCUT2D eigenvalue weighted by molar-refractivity contribution is 5.94. The van der Waals surface area contributed by atoms with Gasteiger partial charge in [0.2, 0.25) is 0 Å². The van der Waals surface area contributed by atoms with Gasteiger partial charge in [-0.25, -0.2) is 0 Å². The van der Waals surface area contributed by atoms with Crippen LogP contribution in [0.1, 0.15) is 36.7 Å². The van der Waals surface area contributed by atoms with Crippen molar-refractivity contribution in [1.82, 2.24) is 4.90 Å². The maximum Gasteiger partial charge on any atom is 0.159 e. The second-order valence-electron chi connectivity index (χ2n) is 4.65. The smallest absolute Gasteiger partial charge is 0.159 e. The highest BCUT2D eigenvalue weighted by Crippen LogP contribution is 2.22. The van der Waals surface area contributed by atoms with Crippen molar-refractivity contribution in [2.45, 2.75) is 27.3 Å². The molecule has 4 heteroatoms. The molecule has 0 radical (unpaired) electrons. The number of ether oxygens (including phenoxy) is 2. The summed E-state index contributed by atoms with van der Waals surface area (Å²) in [6.45, 7) is 9.72. The summed E-state index contributed by atoms with van der Waals surface area (Å²) >= 11 is 0. The predicted molar refractivity (Wildman–Crippen MR) is 80.4 cm³/mol. The minimum Gasteiger partial charge on any atom is -0.496 e. The zero-order chi connectivity index (χ0) is 15.0. The van der Waals surface area contributed by atoms with Crippen LogP contribution in [0.25, 0.3) is 0 Å². The summed E-state index contributed by atoms with van der Waals surface area (Å²) in [5.41, 5.74) is 1.76. The molecule has 0 saturated heterocycles. The number of carbonyl (C=O) groups is 1. The number of Topliss-reactive ketones (excluding diaryl/α,β-unsaturated/α-hetero) is 1. The van der Waals surface area contributed by atoms with Crippen molar-refractivity contribution in [2.75, 3.05) is 33.4 Å². The fourth-order valence-corrected chi connectivity index (χ4v) is 2.05. The average Bonchev–Trinajstić information content (AvgIpc) is 2.46. The minimum atomic E-state index is 0.0752. The molecule has 0 atom stereocenters. The molecule has 0 aliphatic heterocycles. The Morgan fingerprint density at radius 1 is 1.30 bits per heavy atom. The Morgan fingerprint density at radius 3 is 2.60 bits per heavy atom. The van der Waals surface area contributed by atoms with Gasteiger partial charge in [0.15, 0.2) is 5.78 Å². The standard InChI is InChI=1S/C16H25NO3/c1-5-17(9-10-20-6-2)12-15-11-14(13(3)18)7-8-16(15)19-4/h7-8,11H,5-6,9-10,12H2,1-4H3. The van der Waals surface area contributed by atoms with E-state index in [2.05, 4.69) is 11.8 Å². The molecule has 1 rings (SSSR count). The van der Waals surface area contributed by atoms with Crippen LogP contribution in [0.4, 0.5) is 0 Å². The van der Waals surface area contributed by atoms with Gasteiger partial charge < -0.3 is 9.47 Å². The van der Waals surface area contributed by atoms with Crippen LogP contribution in [0.3, 0.4) is 0 Å². The molecule has 20 heavy (non-hydrogen) atoms. The molecule has 0 N–H and O–H groups in total. The van der Waals surface area contributed by atoms with Crippen LogP contribution in [-0.2, 0) is 11.3 Å². The summed E-state index contributed by atoms with van der Waals surface area (Å²) in [4.78, 5) is 13.8. The highest BCUT2D eigenvalue weighted by Gasteiger charge is 2.11. The van der Waals surface area contributed by atoms with Gasteiger partial charge in [-0.15, -0.1) is 0 Å². The molecular formula is C16H25NO3. The van der Waals surface area contributed by atoms with Gasteiger partial charge in [-0.1, -0.05) is 6.92 Å². The normalized spacial score (nSPS) is 10.8. The van der Waals surface area contributed by atoms with Crippen molar-refractivity contribution in [3.63, 3.8) is 0 Å². The molecule has 0 amide bonds. The van der Waals surface area contributed by atoms with E-state index in [1.54, 1.807) is 20.1 Å². The monoisotopic (exact) mass is 279 g/mol. The third-order valence-corrected chi connectivity index (χ3v) is 3.28.